The van der Waals surface area contributed by atoms with Crippen LogP contribution in [0.1, 0.15) is 21.9 Å². The van der Waals surface area contributed by atoms with Gasteiger partial charge in [-0.1, -0.05) is 35.0 Å². The van der Waals surface area contributed by atoms with Crippen LogP contribution in [0.5, 0.6) is 0 Å². The average molecular weight is 328 g/mol. The number of pyridine rings is 1. The molecule has 0 atom stereocenters. The van der Waals surface area contributed by atoms with Crippen molar-refractivity contribution >= 4 is 17.5 Å². The van der Waals surface area contributed by atoms with Crippen LogP contribution >= 0.6 is 11.6 Å². The minimum absolute atomic E-state index is 0.220. The molecule has 0 fully saturated rings. The van der Waals surface area contributed by atoms with Gasteiger partial charge in [0.25, 0.3) is 5.91 Å². The second-order valence-corrected chi connectivity index (χ2v) is 5.36. The molecule has 0 unspecified atom stereocenters. The van der Waals surface area contributed by atoms with Gasteiger partial charge in [0.1, 0.15) is 0 Å². The zero-order valence-corrected chi connectivity index (χ0v) is 13.2. The number of nitrogens with zero attached hydrogens (tertiary/aromatic N) is 4. The van der Waals surface area contributed by atoms with E-state index in [1.54, 1.807) is 18.3 Å². The molecule has 6 nitrogen and oxygen atoms in total. The van der Waals surface area contributed by atoms with Crippen LogP contribution in [0.15, 0.2) is 48.7 Å². The lowest BCUT2D eigenvalue weighted by Gasteiger charge is -2.03. The minimum atomic E-state index is -0.313. The van der Waals surface area contributed by atoms with Gasteiger partial charge in [0.15, 0.2) is 5.69 Å². The highest BCUT2D eigenvalue weighted by Crippen LogP contribution is 2.18. The van der Waals surface area contributed by atoms with E-state index in [4.69, 9.17) is 11.6 Å². The van der Waals surface area contributed by atoms with E-state index in [2.05, 4.69) is 20.6 Å². The van der Waals surface area contributed by atoms with Crippen molar-refractivity contribution in [1.29, 1.82) is 0 Å². The minimum Gasteiger partial charge on any atom is -0.345 e. The largest absolute Gasteiger partial charge is 0.345 e. The summed E-state index contributed by atoms with van der Waals surface area (Å²) in [4.78, 5) is 16.5. The Labute approximate surface area is 138 Å². The number of carbonyl (C=O) groups excluding carboxylic acids is 1. The maximum atomic E-state index is 12.1. The van der Waals surface area contributed by atoms with Crippen molar-refractivity contribution in [3.05, 3.63) is 70.8 Å². The van der Waals surface area contributed by atoms with Crippen molar-refractivity contribution in [3.8, 4) is 5.69 Å². The van der Waals surface area contributed by atoms with E-state index in [0.29, 0.717) is 17.3 Å². The summed E-state index contributed by atoms with van der Waals surface area (Å²) in [5, 5.41) is 11.1. The molecule has 0 radical (unpaired) electrons. The summed E-state index contributed by atoms with van der Waals surface area (Å²) in [5.41, 5.74) is 2.58. The first-order valence-corrected chi connectivity index (χ1v) is 7.39. The monoisotopic (exact) mass is 327 g/mol. The number of aromatic nitrogens is 4. The Hall–Kier alpha value is -2.73. The number of rotatable bonds is 4. The van der Waals surface area contributed by atoms with Crippen molar-refractivity contribution < 1.29 is 4.79 Å². The summed E-state index contributed by atoms with van der Waals surface area (Å²) in [7, 11) is 0. The first kappa shape index (κ1) is 15.2. The summed E-state index contributed by atoms with van der Waals surface area (Å²) in [6.07, 6.45) is 1.54. The number of benzene rings is 1. The summed E-state index contributed by atoms with van der Waals surface area (Å²) < 4.78 is 1.47. The van der Waals surface area contributed by atoms with Gasteiger partial charge in [0.05, 0.1) is 29.1 Å². The Morgan fingerprint density at radius 2 is 2.04 bits per heavy atom. The summed E-state index contributed by atoms with van der Waals surface area (Å²) in [6, 6.07) is 12.9. The summed E-state index contributed by atoms with van der Waals surface area (Å²) >= 11 is 6.11. The molecular weight excluding hydrogens is 314 g/mol. The number of amides is 1. The molecular formula is C16H14ClN5O. The molecule has 0 aliphatic heterocycles. The zero-order chi connectivity index (χ0) is 16.2. The number of halogens is 1. The molecule has 3 rings (SSSR count). The van der Waals surface area contributed by atoms with Gasteiger partial charge in [-0.2, -0.15) is 0 Å². The third kappa shape index (κ3) is 3.54. The predicted molar refractivity (Wildman–Crippen MR) is 86.5 cm³/mol. The quantitative estimate of drug-likeness (QED) is 0.799. The van der Waals surface area contributed by atoms with Crippen LogP contribution < -0.4 is 5.32 Å². The average Bonchev–Trinajstić information content (AvgIpc) is 3.03. The SMILES string of the molecule is Cc1cccc(CNC(=O)c2cn(-c3ccccc3Cl)nn2)n1. The molecule has 2 aromatic heterocycles. The van der Waals surface area contributed by atoms with Crippen LogP contribution in [0, 0.1) is 6.92 Å². The molecule has 1 N–H and O–H groups in total. The fourth-order valence-electron chi connectivity index (χ4n) is 2.08. The van der Waals surface area contributed by atoms with Gasteiger partial charge in [-0.25, -0.2) is 4.68 Å². The number of carbonyl (C=O) groups is 1. The van der Waals surface area contributed by atoms with E-state index in [9.17, 15) is 4.79 Å². The molecule has 116 valence electrons. The highest BCUT2D eigenvalue weighted by molar-refractivity contribution is 6.32. The molecule has 23 heavy (non-hydrogen) atoms. The maximum absolute atomic E-state index is 12.1. The van der Waals surface area contributed by atoms with Gasteiger partial charge in [-0.3, -0.25) is 9.78 Å². The van der Waals surface area contributed by atoms with Crippen LogP contribution in [-0.4, -0.2) is 25.9 Å². The van der Waals surface area contributed by atoms with E-state index in [-0.39, 0.29) is 11.6 Å². The molecule has 0 spiro atoms. The van der Waals surface area contributed by atoms with Crippen molar-refractivity contribution in [1.82, 2.24) is 25.3 Å². The molecule has 1 aromatic carbocycles. The van der Waals surface area contributed by atoms with Gasteiger partial charge < -0.3 is 5.32 Å². The third-order valence-corrected chi connectivity index (χ3v) is 3.52. The standard InChI is InChI=1S/C16H14ClN5O/c1-11-5-4-6-12(19-11)9-18-16(23)14-10-22(21-20-14)15-8-3-2-7-13(15)17/h2-8,10H,9H2,1H3,(H,18,23). The fourth-order valence-corrected chi connectivity index (χ4v) is 2.30. The first-order valence-electron chi connectivity index (χ1n) is 7.01. The Kier molecular flexibility index (Phi) is 4.34. The van der Waals surface area contributed by atoms with Gasteiger partial charge in [-0.15, -0.1) is 5.10 Å². The Morgan fingerprint density at radius 1 is 1.22 bits per heavy atom. The van der Waals surface area contributed by atoms with E-state index in [1.165, 1.54) is 4.68 Å². The molecule has 3 aromatic rings. The topological polar surface area (TPSA) is 72.7 Å². The van der Waals surface area contributed by atoms with E-state index < -0.39 is 0 Å². The van der Waals surface area contributed by atoms with Crippen LogP contribution in [0.3, 0.4) is 0 Å². The molecule has 0 saturated carbocycles. The van der Waals surface area contributed by atoms with Crippen molar-refractivity contribution in [2.45, 2.75) is 13.5 Å². The van der Waals surface area contributed by atoms with Crippen molar-refractivity contribution in [3.63, 3.8) is 0 Å². The Balaban J connectivity index is 1.70. The number of nitrogens with one attached hydrogen (secondary N) is 1. The summed E-state index contributed by atoms with van der Waals surface area (Å²) in [5.74, 6) is -0.313. The number of aryl methyl sites for hydroxylation is 1. The van der Waals surface area contributed by atoms with Gasteiger partial charge >= 0.3 is 0 Å². The number of para-hydroxylation sites is 1. The van der Waals surface area contributed by atoms with Gasteiger partial charge in [-0.05, 0) is 31.2 Å². The van der Waals surface area contributed by atoms with E-state index in [1.807, 2.05) is 37.3 Å². The Morgan fingerprint density at radius 3 is 2.83 bits per heavy atom. The molecule has 7 heteroatoms. The fraction of sp³-hybridized carbons (Fsp3) is 0.125. The third-order valence-electron chi connectivity index (χ3n) is 3.20. The van der Waals surface area contributed by atoms with Crippen molar-refractivity contribution in [2.75, 3.05) is 0 Å². The lowest BCUT2D eigenvalue weighted by atomic mass is 10.3. The van der Waals surface area contributed by atoms with Crippen LogP contribution in [-0.2, 0) is 6.54 Å². The molecule has 2 heterocycles. The summed E-state index contributed by atoms with van der Waals surface area (Å²) in [6.45, 7) is 2.24. The Bertz CT molecular complexity index is 846. The first-order chi connectivity index (χ1) is 11.1. The number of hydrogen-bond donors (Lipinski definition) is 1. The zero-order valence-electron chi connectivity index (χ0n) is 12.4. The molecule has 0 aliphatic rings. The van der Waals surface area contributed by atoms with E-state index in [0.717, 1.165) is 11.4 Å². The molecule has 1 amide bonds. The maximum Gasteiger partial charge on any atom is 0.273 e. The molecule has 0 saturated heterocycles. The second-order valence-electron chi connectivity index (χ2n) is 4.95. The van der Waals surface area contributed by atoms with E-state index >= 15 is 0 Å². The lowest BCUT2D eigenvalue weighted by molar-refractivity contribution is 0.0945. The normalized spacial score (nSPS) is 10.5. The predicted octanol–water partition coefficient (Wildman–Crippen LogP) is 2.55. The van der Waals surface area contributed by atoms with Crippen LogP contribution in [0.4, 0.5) is 0 Å². The smallest absolute Gasteiger partial charge is 0.273 e. The number of hydrogen-bond acceptors (Lipinski definition) is 4. The molecule has 0 bridgehead atoms. The van der Waals surface area contributed by atoms with Crippen LogP contribution in [0.2, 0.25) is 5.02 Å². The van der Waals surface area contributed by atoms with Gasteiger partial charge in [0, 0.05) is 5.69 Å². The molecule has 0 aliphatic carbocycles. The lowest BCUT2D eigenvalue weighted by Crippen LogP contribution is -2.23. The van der Waals surface area contributed by atoms with Crippen LogP contribution in [0.25, 0.3) is 5.69 Å². The highest BCUT2D eigenvalue weighted by Gasteiger charge is 2.12. The highest BCUT2D eigenvalue weighted by atomic mass is 35.5. The second kappa shape index (κ2) is 6.58. The van der Waals surface area contributed by atoms with Gasteiger partial charge in [0.2, 0.25) is 0 Å². The van der Waals surface area contributed by atoms with Crippen molar-refractivity contribution in [2.24, 2.45) is 0 Å².